The van der Waals surface area contributed by atoms with Crippen LogP contribution in [0.5, 0.6) is 0 Å². The molecule has 0 aliphatic heterocycles. The molecule has 0 fully saturated rings. The van der Waals surface area contributed by atoms with Crippen molar-refractivity contribution in [2.75, 3.05) is 6.61 Å². The van der Waals surface area contributed by atoms with Crippen LogP contribution in [0.1, 0.15) is 6.92 Å². The Labute approximate surface area is 49.1 Å². The Morgan fingerprint density at radius 1 is 1.88 bits per heavy atom. The zero-order valence-electron chi connectivity index (χ0n) is 4.83. The fraction of sp³-hybridized carbons (Fsp3) is 0.500. The lowest BCUT2D eigenvalue weighted by atomic mass is 10.2. The van der Waals surface area contributed by atoms with Gasteiger partial charge in [-0.1, -0.05) is 6.58 Å². The highest BCUT2D eigenvalue weighted by Crippen LogP contribution is 1.82. The van der Waals surface area contributed by atoms with Gasteiger partial charge in [0.25, 0.3) is 0 Å². The third-order valence-electron chi connectivity index (χ3n) is 0.522. The molecular formula is C4H9BO3. The van der Waals surface area contributed by atoms with Gasteiger partial charge in [-0.15, -0.1) is 0 Å². The van der Waals surface area contributed by atoms with Gasteiger partial charge in [0, 0.05) is 6.61 Å². The summed E-state index contributed by atoms with van der Waals surface area (Å²) in [5, 5.41) is 8.53. The van der Waals surface area contributed by atoms with Crippen LogP contribution in [0.4, 0.5) is 0 Å². The Bertz CT molecular complexity index is 66.3. The summed E-state index contributed by atoms with van der Waals surface area (Å²) in [6, 6.07) is 0. The summed E-state index contributed by atoms with van der Waals surface area (Å²) in [4.78, 5) is 0. The topological polar surface area (TPSA) is 38.7 Å². The Kier molecular flexibility index (Phi) is 4.40. The predicted molar refractivity (Wildman–Crippen MR) is 30.9 cm³/mol. The SMILES string of the molecule is C=COB(O)OCC. The smallest absolute Gasteiger partial charge is 0.519 e. The zero-order chi connectivity index (χ0) is 6.41. The lowest BCUT2D eigenvalue weighted by molar-refractivity contribution is 0.185. The van der Waals surface area contributed by atoms with Gasteiger partial charge in [-0.2, -0.15) is 0 Å². The maximum Gasteiger partial charge on any atom is 0.709 e. The summed E-state index contributed by atoms with van der Waals surface area (Å²) in [6.07, 6.45) is 1.13. The second-order valence-corrected chi connectivity index (χ2v) is 1.07. The maximum atomic E-state index is 8.53. The highest BCUT2D eigenvalue weighted by atomic mass is 16.7. The first-order chi connectivity index (χ1) is 3.81. The van der Waals surface area contributed by atoms with Gasteiger partial charge >= 0.3 is 7.32 Å². The molecule has 3 nitrogen and oxygen atoms in total. The molecule has 46 valence electrons. The molecular weight excluding hydrogens is 107 g/mol. The van der Waals surface area contributed by atoms with Gasteiger partial charge < -0.3 is 14.3 Å². The van der Waals surface area contributed by atoms with Gasteiger partial charge in [0.1, 0.15) is 0 Å². The first kappa shape index (κ1) is 7.52. The van der Waals surface area contributed by atoms with Crippen LogP contribution >= 0.6 is 0 Å². The maximum absolute atomic E-state index is 8.53. The second-order valence-electron chi connectivity index (χ2n) is 1.07. The minimum Gasteiger partial charge on any atom is -0.519 e. The van der Waals surface area contributed by atoms with Crippen LogP contribution in [0.15, 0.2) is 12.8 Å². The standard InChI is InChI=1S/C4H9BO3/c1-3-7-5(6)8-4-2/h3,6H,1,4H2,2H3. The monoisotopic (exact) mass is 116 g/mol. The third kappa shape index (κ3) is 3.71. The van der Waals surface area contributed by atoms with E-state index >= 15 is 0 Å². The van der Waals surface area contributed by atoms with Gasteiger partial charge in [-0.25, -0.2) is 0 Å². The summed E-state index contributed by atoms with van der Waals surface area (Å²) >= 11 is 0. The summed E-state index contributed by atoms with van der Waals surface area (Å²) in [5.74, 6) is 0. The van der Waals surface area contributed by atoms with Gasteiger partial charge in [0.2, 0.25) is 0 Å². The Balaban J connectivity index is 3.03. The molecule has 0 atom stereocenters. The molecule has 0 aromatic carbocycles. The van der Waals surface area contributed by atoms with Crippen LogP contribution in [0.25, 0.3) is 0 Å². The molecule has 0 saturated heterocycles. The molecule has 0 rings (SSSR count). The molecule has 0 heterocycles. The van der Waals surface area contributed by atoms with E-state index in [0.717, 1.165) is 6.26 Å². The number of hydrogen-bond acceptors (Lipinski definition) is 3. The molecule has 0 unspecified atom stereocenters. The van der Waals surface area contributed by atoms with Crippen molar-refractivity contribution >= 4 is 7.32 Å². The van der Waals surface area contributed by atoms with Gasteiger partial charge in [0.15, 0.2) is 0 Å². The average molecular weight is 116 g/mol. The van der Waals surface area contributed by atoms with E-state index in [-0.39, 0.29) is 0 Å². The molecule has 0 aliphatic carbocycles. The molecule has 0 aromatic rings. The second kappa shape index (κ2) is 4.68. The lowest BCUT2D eigenvalue weighted by Gasteiger charge is -2.00. The Morgan fingerprint density at radius 2 is 2.50 bits per heavy atom. The first-order valence-electron chi connectivity index (χ1n) is 2.37. The highest BCUT2D eigenvalue weighted by molar-refractivity contribution is 6.34. The first-order valence-corrected chi connectivity index (χ1v) is 2.37. The van der Waals surface area contributed by atoms with Crippen molar-refractivity contribution in [2.45, 2.75) is 6.92 Å². The summed E-state index contributed by atoms with van der Waals surface area (Å²) in [6.45, 7) is 5.41. The molecule has 0 spiro atoms. The van der Waals surface area contributed by atoms with E-state index in [2.05, 4.69) is 15.9 Å². The van der Waals surface area contributed by atoms with Crippen molar-refractivity contribution in [3.63, 3.8) is 0 Å². The van der Waals surface area contributed by atoms with Crippen molar-refractivity contribution in [3.8, 4) is 0 Å². The molecule has 0 aliphatic rings. The molecule has 0 aromatic heterocycles. The van der Waals surface area contributed by atoms with Gasteiger partial charge in [0.05, 0.1) is 6.26 Å². The Hall–Kier alpha value is -0.475. The van der Waals surface area contributed by atoms with E-state index in [1.54, 1.807) is 6.92 Å². The summed E-state index contributed by atoms with van der Waals surface area (Å²) in [7, 11) is -1.16. The van der Waals surface area contributed by atoms with Crippen molar-refractivity contribution in [1.82, 2.24) is 0 Å². The zero-order valence-corrected chi connectivity index (χ0v) is 4.83. The largest absolute Gasteiger partial charge is 0.709 e. The van der Waals surface area contributed by atoms with E-state index in [4.69, 9.17) is 5.02 Å². The van der Waals surface area contributed by atoms with Gasteiger partial charge in [-0.3, -0.25) is 0 Å². The molecule has 0 amide bonds. The minimum atomic E-state index is -1.16. The van der Waals surface area contributed by atoms with Crippen LogP contribution in [0, 0.1) is 0 Å². The minimum absolute atomic E-state index is 0.426. The van der Waals surface area contributed by atoms with E-state index in [1.165, 1.54) is 0 Å². The predicted octanol–water partition coefficient (Wildman–Crippen LogP) is 0.160. The van der Waals surface area contributed by atoms with Gasteiger partial charge in [-0.05, 0) is 6.92 Å². The molecule has 4 heteroatoms. The fourth-order valence-corrected chi connectivity index (χ4v) is 0.264. The van der Waals surface area contributed by atoms with Crippen molar-refractivity contribution < 1.29 is 14.3 Å². The average Bonchev–Trinajstić information content (AvgIpc) is 1.68. The lowest BCUT2D eigenvalue weighted by Crippen LogP contribution is -2.19. The molecule has 0 saturated carbocycles. The quantitative estimate of drug-likeness (QED) is 0.420. The normalized spacial score (nSPS) is 8.25. The van der Waals surface area contributed by atoms with Crippen molar-refractivity contribution in [2.24, 2.45) is 0 Å². The summed E-state index contributed by atoms with van der Waals surface area (Å²) in [5.41, 5.74) is 0. The number of hydrogen-bond donors (Lipinski definition) is 1. The fourth-order valence-electron chi connectivity index (χ4n) is 0.264. The van der Waals surface area contributed by atoms with Crippen LogP contribution in [-0.4, -0.2) is 19.0 Å². The van der Waals surface area contributed by atoms with E-state index < -0.39 is 7.32 Å². The molecule has 0 radical (unpaired) electrons. The van der Waals surface area contributed by atoms with Crippen LogP contribution in [0.3, 0.4) is 0 Å². The molecule has 1 N–H and O–H groups in total. The van der Waals surface area contributed by atoms with E-state index in [0.29, 0.717) is 6.61 Å². The van der Waals surface area contributed by atoms with Crippen LogP contribution < -0.4 is 0 Å². The number of rotatable bonds is 4. The summed E-state index contributed by atoms with van der Waals surface area (Å²) < 4.78 is 8.92. The molecule has 8 heavy (non-hydrogen) atoms. The van der Waals surface area contributed by atoms with E-state index in [1.807, 2.05) is 0 Å². The highest BCUT2D eigenvalue weighted by Gasteiger charge is 2.12. The Morgan fingerprint density at radius 3 is 2.88 bits per heavy atom. The third-order valence-corrected chi connectivity index (χ3v) is 0.522. The molecule has 0 bridgehead atoms. The van der Waals surface area contributed by atoms with E-state index in [9.17, 15) is 0 Å². The van der Waals surface area contributed by atoms with Crippen LogP contribution in [0.2, 0.25) is 0 Å². The van der Waals surface area contributed by atoms with Crippen molar-refractivity contribution in [3.05, 3.63) is 12.8 Å². The van der Waals surface area contributed by atoms with Crippen LogP contribution in [-0.2, 0) is 9.31 Å². The van der Waals surface area contributed by atoms with Crippen molar-refractivity contribution in [1.29, 1.82) is 0 Å².